The highest BCUT2D eigenvalue weighted by Crippen LogP contribution is 2.19. The number of aromatic nitrogens is 2. The molecule has 21 heavy (non-hydrogen) atoms. The Hall–Kier alpha value is -1.63. The number of hydrogen-bond acceptors (Lipinski definition) is 5. The van der Waals surface area contributed by atoms with Crippen LogP contribution in [0.15, 0.2) is 4.52 Å². The molecule has 0 saturated carbocycles. The fourth-order valence-corrected chi connectivity index (χ4v) is 2.03. The summed E-state index contributed by atoms with van der Waals surface area (Å²) >= 11 is 0. The summed E-state index contributed by atoms with van der Waals surface area (Å²) in [4.78, 5) is 16.1. The SMILES string of the molecule is CC(C)(C)c1nc(CCNC(=O)NC2CCOCC2)no1. The van der Waals surface area contributed by atoms with Crippen molar-refractivity contribution in [3.63, 3.8) is 0 Å². The van der Waals surface area contributed by atoms with Gasteiger partial charge < -0.3 is 19.9 Å². The van der Waals surface area contributed by atoms with E-state index in [2.05, 4.69) is 20.8 Å². The number of nitrogens with one attached hydrogen (secondary N) is 2. The summed E-state index contributed by atoms with van der Waals surface area (Å²) in [5, 5.41) is 9.68. The normalized spacial score (nSPS) is 16.7. The maximum atomic E-state index is 11.7. The summed E-state index contributed by atoms with van der Waals surface area (Å²) in [6, 6.07) is 0.0536. The topological polar surface area (TPSA) is 89.3 Å². The van der Waals surface area contributed by atoms with Crippen molar-refractivity contribution in [1.29, 1.82) is 0 Å². The summed E-state index contributed by atoms with van der Waals surface area (Å²) in [5.41, 5.74) is -0.154. The average molecular weight is 296 g/mol. The summed E-state index contributed by atoms with van der Waals surface area (Å²) < 4.78 is 10.5. The lowest BCUT2D eigenvalue weighted by Crippen LogP contribution is -2.45. The molecule has 0 atom stereocenters. The Balaban J connectivity index is 1.69. The summed E-state index contributed by atoms with van der Waals surface area (Å²) in [7, 11) is 0. The molecule has 118 valence electrons. The minimum atomic E-state index is -0.154. The van der Waals surface area contributed by atoms with Gasteiger partial charge in [0.05, 0.1) is 0 Å². The van der Waals surface area contributed by atoms with Crippen molar-refractivity contribution in [2.24, 2.45) is 0 Å². The van der Waals surface area contributed by atoms with Gasteiger partial charge in [-0.05, 0) is 12.8 Å². The summed E-state index contributed by atoms with van der Waals surface area (Å²) in [6.45, 7) is 7.96. The van der Waals surface area contributed by atoms with Crippen LogP contribution >= 0.6 is 0 Å². The Morgan fingerprint density at radius 3 is 2.67 bits per heavy atom. The van der Waals surface area contributed by atoms with Crippen molar-refractivity contribution in [2.75, 3.05) is 19.8 Å². The first-order chi connectivity index (χ1) is 9.95. The number of ether oxygens (including phenoxy) is 1. The molecule has 0 spiro atoms. The lowest BCUT2D eigenvalue weighted by molar-refractivity contribution is 0.0801. The highest BCUT2D eigenvalue weighted by molar-refractivity contribution is 5.74. The molecule has 0 bridgehead atoms. The van der Waals surface area contributed by atoms with Gasteiger partial charge in [0, 0.05) is 37.6 Å². The van der Waals surface area contributed by atoms with E-state index in [9.17, 15) is 4.79 Å². The Labute approximate surface area is 124 Å². The van der Waals surface area contributed by atoms with Crippen molar-refractivity contribution in [1.82, 2.24) is 20.8 Å². The molecule has 2 rings (SSSR count). The van der Waals surface area contributed by atoms with Crippen LogP contribution in [0.3, 0.4) is 0 Å². The van der Waals surface area contributed by atoms with Crippen LogP contribution in [-0.2, 0) is 16.6 Å². The molecule has 1 aromatic rings. The maximum Gasteiger partial charge on any atom is 0.315 e. The van der Waals surface area contributed by atoms with Crippen molar-refractivity contribution in [2.45, 2.75) is 51.5 Å². The number of carbonyl (C=O) groups excluding carboxylic acids is 1. The molecule has 1 aliphatic rings. The number of nitrogens with zero attached hydrogens (tertiary/aromatic N) is 2. The van der Waals surface area contributed by atoms with Gasteiger partial charge in [0.1, 0.15) is 0 Å². The van der Waals surface area contributed by atoms with Crippen molar-refractivity contribution in [3.8, 4) is 0 Å². The highest BCUT2D eigenvalue weighted by Gasteiger charge is 2.21. The van der Waals surface area contributed by atoms with Crippen LogP contribution in [0.25, 0.3) is 0 Å². The van der Waals surface area contributed by atoms with Gasteiger partial charge >= 0.3 is 6.03 Å². The first-order valence-electron chi connectivity index (χ1n) is 7.40. The second-order valence-corrected chi connectivity index (χ2v) is 6.30. The smallest absolute Gasteiger partial charge is 0.315 e. The zero-order chi connectivity index (χ0) is 15.3. The van der Waals surface area contributed by atoms with E-state index < -0.39 is 0 Å². The van der Waals surface area contributed by atoms with Crippen LogP contribution in [0.4, 0.5) is 4.79 Å². The second kappa shape index (κ2) is 6.89. The Kier molecular flexibility index (Phi) is 5.17. The van der Waals surface area contributed by atoms with Gasteiger partial charge in [-0.1, -0.05) is 25.9 Å². The van der Waals surface area contributed by atoms with Gasteiger partial charge in [0.25, 0.3) is 0 Å². The molecule has 2 N–H and O–H groups in total. The molecule has 7 nitrogen and oxygen atoms in total. The van der Waals surface area contributed by atoms with E-state index in [0.29, 0.717) is 37.9 Å². The second-order valence-electron chi connectivity index (χ2n) is 6.30. The quantitative estimate of drug-likeness (QED) is 0.876. The third-order valence-electron chi connectivity index (χ3n) is 3.30. The van der Waals surface area contributed by atoms with Crippen LogP contribution in [-0.4, -0.2) is 42.0 Å². The van der Waals surface area contributed by atoms with Crippen LogP contribution < -0.4 is 10.6 Å². The van der Waals surface area contributed by atoms with Gasteiger partial charge in [-0.2, -0.15) is 4.98 Å². The Morgan fingerprint density at radius 2 is 2.05 bits per heavy atom. The third-order valence-corrected chi connectivity index (χ3v) is 3.30. The summed E-state index contributed by atoms with van der Waals surface area (Å²) in [5.74, 6) is 1.23. The summed E-state index contributed by atoms with van der Waals surface area (Å²) in [6.07, 6.45) is 2.29. The Bertz CT molecular complexity index is 461. The predicted octanol–water partition coefficient (Wildman–Crippen LogP) is 1.39. The van der Waals surface area contributed by atoms with Crippen LogP contribution in [0.1, 0.15) is 45.3 Å². The van der Waals surface area contributed by atoms with E-state index in [1.807, 2.05) is 20.8 Å². The molecule has 2 amide bonds. The fourth-order valence-electron chi connectivity index (χ4n) is 2.03. The predicted molar refractivity (Wildman–Crippen MR) is 77.1 cm³/mol. The minimum absolute atomic E-state index is 0.151. The van der Waals surface area contributed by atoms with Gasteiger partial charge in [0.2, 0.25) is 5.89 Å². The molecule has 0 aromatic carbocycles. The largest absolute Gasteiger partial charge is 0.381 e. The first kappa shape index (κ1) is 15.8. The standard InChI is InChI=1S/C14H24N4O3/c1-14(2,3)12-17-11(18-21-12)4-7-15-13(19)16-10-5-8-20-9-6-10/h10H,4-9H2,1-3H3,(H2,15,16,19). The van der Waals surface area contributed by atoms with Crippen LogP contribution in [0, 0.1) is 0 Å². The molecular weight excluding hydrogens is 272 g/mol. The maximum absolute atomic E-state index is 11.7. The van der Waals surface area contributed by atoms with Crippen LogP contribution in [0.5, 0.6) is 0 Å². The molecule has 1 saturated heterocycles. The van der Waals surface area contributed by atoms with Crippen molar-refractivity contribution in [3.05, 3.63) is 11.7 Å². The zero-order valence-electron chi connectivity index (χ0n) is 12.9. The molecule has 0 unspecified atom stereocenters. The number of hydrogen-bond donors (Lipinski definition) is 2. The van der Waals surface area contributed by atoms with Crippen LogP contribution in [0.2, 0.25) is 0 Å². The van der Waals surface area contributed by atoms with Crippen molar-refractivity contribution >= 4 is 6.03 Å². The monoisotopic (exact) mass is 296 g/mol. The average Bonchev–Trinajstić information content (AvgIpc) is 2.88. The van der Waals surface area contributed by atoms with E-state index in [4.69, 9.17) is 9.26 Å². The molecule has 1 aliphatic heterocycles. The van der Waals surface area contributed by atoms with Gasteiger partial charge in [-0.15, -0.1) is 0 Å². The number of carbonyl (C=O) groups is 1. The lowest BCUT2D eigenvalue weighted by atomic mass is 9.97. The Morgan fingerprint density at radius 1 is 1.33 bits per heavy atom. The number of rotatable bonds is 4. The zero-order valence-corrected chi connectivity index (χ0v) is 12.9. The molecule has 1 fully saturated rings. The van der Waals surface area contributed by atoms with E-state index in [1.54, 1.807) is 0 Å². The fraction of sp³-hybridized carbons (Fsp3) is 0.786. The minimum Gasteiger partial charge on any atom is -0.381 e. The third kappa shape index (κ3) is 5.00. The molecule has 0 radical (unpaired) electrons. The van der Waals surface area contributed by atoms with Gasteiger partial charge in [0.15, 0.2) is 5.82 Å². The molecule has 2 heterocycles. The lowest BCUT2D eigenvalue weighted by Gasteiger charge is -2.23. The number of amides is 2. The number of urea groups is 1. The molecular formula is C14H24N4O3. The van der Waals surface area contributed by atoms with E-state index >= 15 is 0 Å². The van der Waals surface area contributed by atoms with Crippen molar-refractivity contribution < 1.29 is 14.1 Å². The molecule has 7 heteroatoms. The first-order valence-corrected chi connectivity index (χ1v) is 7.40. The van der Waals surface area contributed by atoms with Gasteiger partial charge in [-0.25, -0.2) is 4.79 Å². The van der Waals surface area contributed by atoms with E-state index in [-0.39, 0.29) is 17.5 Å². The highest BCUT2D eigenvalue weighted by atomic mass is 16.5. The molecule has 1 aromatic heterocycles. The van der Waals surface area contributed by atoms with E-state index in [1.165, 1.54) is 0 Å². The van der Waals surface area contributed by atoms with E-state index in [0.717, 1.165) is 12.8 Å². The van der Waals surface area contributed by atoms with Gasteiger partial charge in [-0.3, -0.25) is 0 Å². The molecule has 0 aliphatic carbocycles.